The fourth-order valence-electron chi connectivity index (χ4n) is 1.90. The van der Waals surface area contributed by atoms with Crippen molar-refractivity contribution in [1.82, 2.24) is 0 Å². The number of thioether (sulfide) groups is 1. The van der Waals surface area contributed by atoms with E-state index >= 15 is 0 Å². The van der Waals surface area contributed by atoms with E-state index in [0.717, 1.165) is 34.0 Å². The molecule has 0 aromatic heterocycles. The Kier molecular flexibility index (Phi) is 2.88. The van der Waals surface area contributed by atoms with Gasteiger partial charge < -0.3 is 9.47 Å². The zero-order chi connectivity index (χ0) is 12.5. The Balaban J connectivity index is 1.92. The molecule has 2 heterocycles. The lowest BCUT2D eigenvalue weighted by molar-refractivity contribution is -0.107. The molecule has 0 fully saturated rings. The predicted octanol–water partition coefficient (Wildman–Crippen LogP) is 3.37. The lowest BCUT2D eigenvalue weighted by Gasteiger charge is -1.98. The fourth-order valence-corrected chi connectivity index (χ4v) is 2.70. The van der Waals surface area contributed by atoms with E-state index in [-0.39, 0.29) is 11.9 Å². The molecule has 0 radical (unpaired) electrons. The van der Waals surface area contributed by atoms with Crippen LogP contribution in [0.25, 0.3) is 6.08 Å². The molecule has 0 aliphatic carbocycles. The Morgan fingerprint density at radius 2 is 2.17 bits per heavy atom. The molecule has 2 aliphatic rings. The molecule has 1 aromatic carbocycles. The molecular formula is C14H12O3S. The van der Waals surface area contributed by atoms with Crippen molar-refractivity contribution in [3.05, 3.63) is 40.3 Å². The van der Waals surface area contributed by atoms with Crippen LogP contribution < -0.4 is 9.47 Å². The summed E-state index contributed by atoms with van der Waals surface area (Å²) >= 11 is 1.32. The van der Waals surface area contributed by atoms with E-state index in [1.807, 2.05) is 30.4 Å². The molecule has 92 valence electrons. The van der Waals surface area contributed by atoms with E-state index in [4.69, 9.17) is 9.47 Å². The van der Waals surface area contributed by atoms with Gasteiger partial charge in [-0.25, -0.2) is 0 Å². The maximum absolute atomic E-state index is 11.8. The zero-order valence-corrected chi connectivity index (χ0v) is 10.8. The van der Waals surface area contributed by atoms with Gasteiger partial charge in [-0.1, -0.05) is 24.8 Å². The van der Waals surface area contributed by atoms with Gasteiger partial charge in [-0.3, -0.25) is 4.79 Å². The van der Waals surface area contributed by atoms with Crippen LogP contribution in [0.15, 0.2) is 34.8 Å². The van der Waals surface area contributed by atoms with Crippen molar-refractivity contribution < 1.29 is 14.3 Å². The number of carbonyl (C=O) groups is 1. The van der Waals surface area contributed by atoms with E-state index in [1.165, 1.54) is 11.8 Å². The summed E-state index contributed by atoms with van der Waals surface area (Å²) < 4.78 is 10.6. The van der Waals surface area contributed by atoms with Crippen molar-refractivity contribution in [3.8, 4) is 11.5 Å². The van der Waals surface area contributed by atoms with Crippen LogP contribution in [-0.2, 0) is 4.79 Å². The topological polar surface area (TPSA) is 35.5 Å². The van der Waals surface area contributed by atoms with Gasteiger partial charge >= 0.3 is 0 Å². The monoisotopic (exact) mass is 260 g/mol. The Hall–Kier alpha value is -1.68. The molecule has 4 heteroatoms. The van der Waals surface area contributed by atoms with Gasteiger partial charge in [0.1, 0.15) is 0 Å². The Morgan fingerprint density at radius 1 is 1.33 bits per heavy atom. The maximum atomic E-state index is 11.8. The summed E-state index contributed by atoms with van der Waals surface area (Å²) in [6.45, 7) is 2.32. The number of hydrogen-bond acceptors (Lipinski definition) is 4. The lowest BCUT2D eigenvalue weighted by Crippen LogP contribution is -1.92. The summed E-state index contributed by atoms with van der Waals surface area (Å²) in [5, 5.41) is 0.115. The highest BCUT2D eigenvalue weighted by atomic mass is 32.2. The molecule has 0 saturated carbocycles. The van der Waals surface area contributed by atoms with Crippen LogP contribution in [0.1, 0.15) is 18.9 Å². The maximum Gasteiger partial charge on any atom is 0.231 e. The molecule has 0 spiro atoms. The van der Waals surface area contributed by atoms with Gasteiger partial charge in [0.05, 0.1) is 0 Å². The highest BCUT2D eigenvalue weighted by Gasteiger charge is 2.19. The van der Waals surface area contributed by atoms with Crippen molar-refractivity contribution in [2.75, 3.05) is 6.79 Å². The molecule has 1 aromatic rings. The number of ether oxygens (including phenoxy) is 2. The van der Waals surface area contributed by atoms with Gasteiger partial charge in [-0.05, 0) is 41.2 Å². The van der Waals surface area contributed by atoms with Gasteiger partial charge in [0.15, 0.2) is 11.5 Å². The summed E-state index contributed by atoms with van der Waals surface area (Å²) in [5.74, 6) is 1.50. The second kappa shape index (κ2) is 4.53. The molecular weight excluding hydrogens is 248 g/mol. The minimum Gasteiger partial charge on any atom is -0.454 e. The van der Waals surface area contributed by atoms with Crippen molar-refractivity contribution in [3.63, 3.8) is 0 Å². The highest BCUT2D eigenvalue weighted by molar-refractivity contribution is 8.17. The van der Waals surface area contributed by atoms with Gasteiger partial charge in [-0.15, -0.1) is 0 Å². The first-order valence-corrected chi connectivity index (χ1v) is 6.62. The number of allylic oxidation sites excluding steroid dienone is 2. The molecule has 3 rings (SSSR count). The van der Waals surface area contributed by atoms with E-state index < -0.39 is 0 Å². The van der Waals surface area contributed by atoms with Crippen LogP contribution in [0.3, 0.4) is 0 Å². The van der Waals surface area contributed by atoms with Crippen LogP contribution >= 0.6 is 11.8 Å². The third kappa shape index (κ3) is 2.04. The normalized spacial score (nSPS) is 19.5. The first kappa shape index (κ1) is 11.4. The number of hydrogen-bond donors (Lipinski definition) is 0. The average molecular weight is 260 g/mol. The van der Waals surface area contributed by atoms with Crippen LogP contribution in [0.5, 0.6) is 11.5 Å². The SMILES string of the molecule is CCC1=C/C(=C\c2ccc3c(c2)OCO3)C(=O)S1. The van der Waals surface area contributed by atoms with Crippen LogP contribution in [0.4, 0.5) is 0 Å². The molecule has 0 atom stereocenters. The molecule has 0 saturated heterocycles. The van der Waals surface area contributed by atoms with Gasteiger partial charge in [0.2, 0.25) is 11.9 Å². The minimum atomic E-state index is 0.115. The number of carbonyl (C=O) groups excluding carboxylic acids is 1. The molecule has 3 nitrogen and oxygen atoms in total. The van der Waals surface area contributed by atoms with Crippen LogP contribution in [-0.4, -0.2) is 11.9 Å². The number of benzene rings is 1. The lowest BCUT2D eigenvalue weighted by atomic mass is 10.1. The molecule has 0 amide bonds. The summed E-state index contributed by atoms with van der Waals surface area (Å²) in [6, 6.07) is 5.69. The predicted molar refractivity (Wildman–Crippen MR) is 71.5 cm³/mol. The third-order valence-corrected chi connectivity index (χ3v) is 3.93. The third-order valence-electron chi connectivity index (χ3n) is 2.84. The van der Waals surface area contributed by atoms with Crippen molar-refractivity contribution in [2.45, 2.75) is 13.3 Å². The first-order chi connectivity index (χ1) is 8.76. The first-order valence-electron chi connectivity index (χ1n) is 5.80. The van der Waals surface area contributed by atoms with Gasteiger partial charge in [-0.2, -0.15) is 0 Å². The average Bonchev–Trinajstić information content (AvgIpc) is 2.96. The van der Waals surface area contributed by atoms with Crippen molar-refractivity contribution >= 4 is 23.0 Å². The smallest absolute Gasteiger partial charge is 0.231 e. The Bertz CT molecular complexity index is 572. The van der Waals surface area contributed by atoms with Crippen molar-refractivity contribution in [1.29, 1.82) is 0 Å². The fraction of sp³-hybridized carbons (Fsp3) is 0.214. The van der Waals surface area contributed by atoms with Gasteiger partial charge in [0, 0.05) is 5.57 Å². The number of rotatable bonds is 2. The Labute approximate surface area is 109 Å². The van der Waals surface area contributed by atoms with Gasteiger partial charge in [0.25, 0.3) is 0 Å². The highest BCUT2D eigenvalue weighted by Crippen LogP contribution is 2.36. The quantitative estimate of drug-likeness (QED) is 0.764. The number of fused-ring (bicyclic) bond motifs is 1. The minimum absolute atomic E-state index is 0.115. The van der Waals surface area contributed by atoms with E-state index in [0.29, 0.717) is 0 Å². The molecule has 2 aliphatic heterocycles. The summed E-state index contributed by atoms with van der Waals surface area (Å²) in [4.78, 5) is 12.9. The largest absolute Gasteiger partial charge is 0.454 e. The second-order valence-corrected chi connectivity index (χ2v) is 5.17. The molecule has 0 bridgehead atoms. The standard InChI is InChI=1S/C14H12O3S/c1-2-11-7-10(14(15)18-11)5-9-3-4-12-13(6-9)17-8-16-12/h3-7H,2,8H2,1H3/b10-5+. The van der Waals surface area contributed by atoms with E-state index in [1.54, 1.807) is 0 Å². The second-order valence-electron chi connectivity index (χ2n) is 4.07. The van der Waals surface area contributed by atoms with E-state index in [2.05, 4.69) is 6.92 Å². The summed E-state index contributed by atoms with van der Waals surface area (Å²) in [7, 11) is 0. The van der Waals surface area contributed by atoms with Crippen LogP contribution in [0.2, 0.25) is 0 Å². The summed E-state index contributed by atoms with van der Waals surface area (Å²) in [5.41, 5.74) is 1.70. The molecule has 0 N–H and O–H groups in total. The molecule has 18 heavy (non-hydrogen) atoms. The van der Waals surface area contributed by atoms with E-state index in [9.17, 15) is 4.79 Å². The molecule has 0 unspecified atom stereocenters. The Morgan fingerprint density at radius 3 is 2.94 bits per heavy atom. The van der Waals surface area contributed by atoms with Crippen molar-refractivity contribution in [2.24, 2.45) is 0 Å². The summed E-state index contributed by atoms with van der Waals surface area (Å²) in [6.07, 6.45) is 4.74. The zero-order valence-electron chi connectivity index (χ0n) is 9.93. The van der Waals surface area contributed by atoms with Crippen LogP contribution in [0, 0.1) is 0 Å².